The molecule has 2 aromatic carbocycles. The molecule has 34 heavy (non-hydrogen) atoms. The SMILES string of the molecule is CN(C)CCOc1ccc(-c2cc(-c3ccc4c(c3)CCC4=NO)c(-c3ccncc3)[nH]2)cc1. The van der Waals surface area contributed by atoms with Gasteiger partial charge in [0, 0.05) is 41.3 Å². The number of nitrogens with one attached hydrogen (secondary N) is 1. The van der Waals surface area contributed by atoms with Gasteiger partial charge in [-0.05, 0) is 86.1 Å². The predicted octanol–water partition coefficient (Wildman–Crippen LogP) is 5.48. The number of ether oxygens (including phenoxy) is 1. The molecular formula is C28H28N4O2. The van der Waals surface area contributed by atoms with Gasteiger partial charge in [0.25, 0.3) is 0 Å². The Morgan fingerprint density at radius 1 is 0.912 bits per heavy atom. The zero-order valence-electron chi connectivity index (χ0n) is 19.5. The summed E-state index contributed by atoms with van der Waals surface area (Å²) in [5.74, 6) is 0.867. The number of oxime groups is 1. The van der Waals surface area contributed by atoms with E-state index in [1.807, 2.05) is 50.8 Å². The van der Waals surface area contributed by atoms with Gasteiger partial charge in [0.05, 0.1) is 11.4 Å². The van der Waals surface area contributed by atoms with E-state index in [1.165, 1.54) is 5.56 Å². The molecule has 0 radical (unpaired) electrons. The average molecular weight is 453 g/mol. The van der Waals surface area contributed by atoms with Crippen LogP contribution in [0, 0.1) is 0 Å². The molecule has 1 aliphatic carbocycles. The Morgan fingerprint density at radius 2 is 1.68 bits per heavy atom. The summed E-state index contributed by atoms with van der Waals surface area (Å²) >= 11 is 0. The minimum absolute atomic E-state index is 0.659. The van der Waals surface area contributed by atoms with Crippen molar-refractivity contribution in [2.24, 2.45) is 5.16 Å². The second kappa shape index (κ2) is 9.53. The maximum Gasteiger partial charge on any atom is 0.119 e. The Morgan fingerprint density at radius 3 is 2.41 bits per heavy atom. The smallest absolute Gasteiger partial charge is 0.119 e. The number of aromatic nitrogens is 2. The lowest BCUT2D eigenvalue weighted by Gasteiger charge is -2.11. The highest BCUT2D eigenvalue weighted by Crippen LogP contribution is 2.38. The summed E-state index contributed by atoms with van der Waals surface area (Å²) in [6.45, 7) is 1.54. The molecule has 2 aromatic heterocycles. The third-order valence-electron chi connectivity index (χ3n) is 6.24. The predicted molar refractivity (Wildman–Crippen MR) is 136 cm³/mol. The molecular weight excluding hydrogens is 424 g/mol. The lowest BCUT2D eigenvalue weighted by Crippen LogP contribution is -2.19. The van der Waals surface area contributed by atoms with Crippen LogP contribution >= 0.6 is 0 Å². The number of aryl methyl sites for hydroxylation is 1. The van der Waals surface area contributed by atoms with Gasteiger partial charge in [-0.25, -0.2) is 0 Å². The fourth-order valence-electron chi connectivity index (χ4n) is 4.40. The normalized spacial score (nSPS) is 14.0. The standard InChI is InChI=1S/C28H28N4O2/c1-32(2)15-16-34-23-7-3-19(4-8-23)27-18-25(28(30-27)20-11-13-29-14-12-20)22-5-9-24-21(17-22)6-10-26(24)31-33/h3-5,7-9,11-14,17-18,30,33H,6,10,15-16H2,1-2H3. The van der Waals surface area contributed by atoms with E-state index >= 15 is 0 Å². The van der Waals surface area contributed by atoms with E-state index in [2.05, 4.69) is 56.4 Å². The zero-order valence-corrected chi connectivity index (χ0v) is 19.5. The highest BCUT2D eigenvalue weighted by molar-refractivity contribution is 6.04. The van der Waals surface area contributed by atoms with Crippen LogP contribution in [0.25, 0.3) is 33.6 Å². The quantitative estimate of drug-likeness (QED) is 0.288. The van der Waals surface area contributed by atoms with Crippen LogP contribution in [0.4, 0.5) is 0 Å². The molecule has 0 bridgehead atoms. The molecule has 2 N–H and O–H groups in total. The molecule has 0 saturated heterocycles. The van der Waals surface area contributed by atoms with Crippen LogP contribution in [0.3, 0.4) is 0 Å². The summed E-state index contributed by atoms with van der Waals surface area (Å²) in [7, 11) is 4.08. The van der Waals surface area contributed by atoms with Gasteiger partial charge in [0.1, 0.15) is 12.4 Å². The Labute approximate surface area is 199 Å². The first-order chi connectivity index (χ1) is 16.6. The van der Waals surface area contributed by atoms with E-state index in [1.54, 1.807) is 0 Å². The maximum absolute atomic E-state index is 9.28. The highest BCUT2D eigenvalue weighted by Gasteiger charge is 2.20. The van der Waals surface area contributed by atoms with Crippen LogP contribution in [0.5, 0.6) is 5.75 Å². The average Bonchev–Trinajstić information content (AvgIpc) is 3.49. The molecule has 0 fully saturated rings. The highest BCUT2D eigenvalue weighted by atomic mass is 16.5. The number of nitrogens with zero attached hydrogens (tertiary/aromatic N) is 3. The third kappa shape index (κ3) is 4.45. The Bertz CT molecular complexity index is 1310. The van der Waals surface area contributed by atoms with Crippen molar-refractivity contribution >= 4 is 5.71 Å². The van der Waals surface area contributed by atoms with Crippen molar-refractivity contribution in [1.29, 1.82) is 0 Å². The second-order valence-corrected chi connectivity index (χ2v) is 8.80. The van der Waals surface area contributed by atoms with E-state index in [9.17, 15) is 5.21 Å². The molecule has 0 atom stereocenters. The second-order valence-electron chi connectivity index (χ2n) is 8.80. The minimum Gasteiger partial charge on any atom is -0.492 e. The molecule has 0 spiro atoms. The fourth-order valence-corrected chi connectivity index (χ4v) is 4.40. The largest absolute Gasteiger partial charge is 0.492 e. The minimum atomic E-state index is 0.659. The number of H-pyrrole nitrogens is 1. The first-order valence-electron chi connectivity index (χ1n) is 11.5. The molecule has 6 heteroatoms. The van der Waals surface area contributed by atoms with Gasteiger partial charge in [0.2, 0.25) is 0 Å². The number of fused-ring (bicyclic) bond motifs is 1. The summed E-state index contributed by atoms with van der Waals surface area (Å²) in [5, 5.41) is 12.7. The van der Waals surface area contributed by atoms with Crippen LogP contribution in [0.15, 0.2) is 78.2 Å². The van der Waals surface area contributed by atoms with E-state index in [0.717, 1.165) is 70.1 Å². The van der Waals surface area contributed by atoms with Crippen LogP contribution < -0.4 is 4.74 Å². The number of benzene rings is 2. The van der Waals surface area contributed by atoms with Crippen molar-refractivity contribution in [1.82, 2.24) is 14.9 Å². The Hall–Kier alpha value is -3.90. The van der Waals surface area contributed by atoms with Crippen molar-refractivity contribution in [3.8, 4) is 39.4 Å². The van der Waals surface area contributed by atoms with Crippen molar-refractivity contribution in [3.05, 3.63) is 84.2 Å². The molecule has 6 nitrogen and oxygen atoms in total. The van der Waals surface area contributed by atoms with Crippen molar-refractivity contribution in [2.45, 2.75) is 12.8 Å². The topological polar surface area (TPSA) is 73.7 Å². The van der Waals surface area contributed by atoms with Gasteiger partial charge in [-0.3, -0.25) is 4.98 Å². The lowest BCUT2D eigenvalue weighted by atomic mass is 9.98. The zero-order chi connectivity index (χ0) is 23.5. The van der Waals surface area contributed by atoms with E-state index in [-0.39, 0.29) is 0 Å². The number of hydrogen-bond acceptors (Lipinski definition) is 5. The third-order valence-corrected chi connectivity index (χ3v) is 6.24. The number of rotatable bonds is 7. The molecule has 0 amide bonds. The van der Waals surface area contributed by atoms with Gasteiger partial charge in [-0.15, -0.1) is 0 Å². The molecule has 1 aliphatic rings. The van der Waals surface area contributed by atoms with Gasteiger partial charge in [-0.1, -0.05) is 23.4 Å². The Balaban J connectivity index is 1.50. The number of aromatic amines is 1. The van der Waals surface area contributed by atoms with Crippen molar-refractivity contribution in [2.75, 3.05) is 27.2 Å². The molecule has 0 unspecified atom stereocenters. The van der Waals surface area contributed by atoms with Crippen LogP contribution in [0.1, 0.15) is 17.5 Å². The molecule has 0 aliphatic heterocycles. The van der Waals surface area contributed by atoms with Crippen molar-refractivity contribution in [3.63, 3.8) is 0 Å². The summed E-state index contributed by atoms with van der Waals surface area (Å²) in [4.78, 5) is 9.92. The van der Waals surface area contributed by atoms with Crippen LogP contribution in [-0.4, -0.2) is 53.0 Å². The van der Waals surface area contributed by atoms with Gasteiger partial charge >= 0.3 is 0 Å². The summed E-state index contributed by atoms with van der Waals surface area (Å²) in [6.07, 6.45) is 5.28. The summed E-state index contributed by atoms with van der Waals surface area (Å²) in [6, 6.07) is 20.8. The first kappa shape index (κ1) is 21.9. The fraction of sp³-hybridized carbons (Fsp3) is 0.214. The molecule has 4 aromatic rings. The van der Waals surface area contributed by atoms with E-state index < -0.39 is 0 Å². The van der Waals surface area contributed by atoms with Gasteiger partial charge in [-0.2, -0.15) is 0 Å². The van der Waals surface area contributed by atoms with Crippen molar-refractivity contribution < 1.29 is 9.94 Å². The van der Waals surface area contributed by atoms with Crippen LogP contribution in [0.2, 0.25) is 0 Å². The maximum atomic E-state index is 9.28. The summed E-state index contributed by atoms with van der Waals surface area (Å²) in [5.41, 5.74) is 9.55. The lowest BCUT2D eigenvalue weighted by molar-refractivity contribution is 0.261. The molecule has 5 rings (SSSR count). The molecule has 172 valence electrons. The molecule has 2 heterocycles. The Kier molecular flexibility index (Phi) is 6.14. The van der Waals surface area contributed by atoms with Gasteiger partial charge in [0.15, 0.2) is 0 Å². The first-order valence-corrected chi connectivity index (χ1v) is 11.5. The number of likely N-dealkylation sites (N-methyl/N-ethyl adjacent to an activating group) is 1. The van der Waals surface area contributed by atoms with E-state index in [0.29, 0.717) is 6.61 Å². The number of pyridine rings is 1. The summed E-state index contributed by atoms with van der Waals surface area (Å²) < 4.78 is 5.85. The van der Waals surface area contributed by atoms with Gasteiger partial charge < -0.3 is 19.8 Å². The number of hydrogen-bond donors (Lipinski definition) is 2. The van der Waals surface area contributed by atoms with Crippen LogP contribution in [-0.2, 0) is 6.42 Å². The monoisotopic (exact) mass is 452 g/mol. The van der Waals surface area contributed by atoms with E-state index in [4.69, 9.17) is 4.74 Å². The molecule has 0 saturated carbocycles.